The van der Waals surface area contributed by atoms with Gasteiger partial charge in [0.15, 0.2) is 5.37 Å². The van der Waals surface area contributed by atoms with E-state index in [4.69, 9.17) is 4.74 Å². The van der Waals surface area contributed by atoms with Gasteiger partial charge in [-0.15, -0.1) is 16.9 Å². The molecule has 8 nitrogen and oxygen atoms in total. The number of ketones is 1. The summed E-state index contributed by atoms with van der Waals surface area (Å²) in [7, 11) is 0. The number of Topliss-reactive ketones (excluding diaryl/α,β-unsaturated/α-hetero) is 1. The number of rotatable bonds is 4. The maximum Gasteiger partial charge on any atom is 0.355 e. The van der Waals surface area contributed by atoms with Crippen molar-refractivity contribution in [1.29, 1.82) is 0 Å². The lowest BCUT2D eigenvalue weighted by molar-refractivity contribution is -0.161. The van der Waals surface area contributed by atoms with Gasteiger partial charge in [0, 0.05) is 11.5 Å². The average molecular weight is 368 g/mol. The van der Waals surface area contributed by atoms with Crippen molar-refractivity contribution in [2.75, 3.05) is 11.5 Å². The number of amides is 1. The molecular weight excluding hydrogens is 352 g/mol. The van der Waals surface area contributed by atoms with Gasteiger partial charge in [-0.1, -0.05) is 17.0 Å². The number of thioether (sulfide) groups is 2. The van der Waals surface area contributed by atoms with Crippen LogP contribution in [0.1, 0.15) is 20.8 Å². The molecule has 24 heavy (non-hydrogen) atoms. The number of nitrogens with zero attached hydrogens (tertiary/aromatic N) is 3. The fourth-order valence-corrected chi connectivity index (χ4v) is 4.40. The minimum Gasteiger partial charge on any atom is -0.455 e. The van der Waals surface area contributed by atoms with Crippen LogP contribution in [0, 0.1) is 0 Å². The van der Waals surface area contributed by atoms with Crippen LogP contribution in [0.2, 0.25) is 0 Å². The Morgan fingerprint density at radius 3 is 2.88 bits per heavy atom. The molecular formula is C14H16N4O4S2. The standard InChI is InChI=1S/C14H16N4O4S2/c1-14(2,3)22-13(21)9-7(5-23-8-4-15-17-16-8)6-24-12-10(19)11(20)18(9)12/h4,12H,5-6H2,1-3H3,(H,15,16,17)/t12-/m0/s1. The number of carbonyl (C=O) groups is 3. The van der Waals surface area contributed by atoms with Crippen LogP contribution in [0.25, 0.3) is 0 Å². The van der Waals surface area contributed by atoms with Crippen molar-refractivity contribution in [3.8, 4) is 0 Å². The van der Waals surface area contributed by atoms with Crippen LogP contribution < -0.4 is 0 Å². The Balaban J connectivity index is 1.87. The lowest BCUT2D eigenvalue weighted by Gasteiger charge is -2.43. The molecule has 0 saturated carbocycles. The molecule has 2 aliphatic heterocycles. The van der Waals surface area contributed by atoms with Gasteiger partial charge in [-0.25, -0.2) is 4.79 Å². The van der Waals surface area contributed by atoms with E-state index in [9.17, 15) is 14.4 Å². The molecule has 0 aromatic carbocycles. The molecule has 10 heteroatoms. The monoisotopic (exact) mass is 368 g/mol. The molecule has 128 valence electrons. The summed E-state index contributed by atoms with van der Waals surface area (Å²) in [5.74, 6) is -0.760. The summed E-state index contributed by atoms with van der Waals surface area (Å²) in [5, 5.41) is 10.2. The van der Waals surface area contributed by atoms with Crippen LogP contribution in [0.15, 0.2) is 22.5 Å². The second-order valence-corrected chi connectivity index (χ2v) is 8.32. The maximum absolute atomic E-state index is 12.6. The average Bonchev–Trinajstić information content (AvgIpc) is 3.02. The minimum atomic E-state index is -0.688. The van der Waals surface area contributed by atoms with Gasteiger partial charge in [0.25, 0.3) is 11.7 Å². The number of carbonyl (C=O) groups excluding carboxylic acids is 3. The third-order valence-corrected chi connectivity index (χ3v) is 5.50. The van der Waals surface area contributed by atoms with Gasteiger partial charge >= 0.3 is 5.97 Å². The van der Waals surface area contributed by atoms with Gasteiger partial charge in [0.05, 0.1) is 6.20 Å². The highest BCUT2D eigenvalue weighted by molar-refractivity contribution is 8.01. The van der Waals surface area contributed by atoms with E-state index in [-0.39, 0.29) is 5.70 Å². The number of hydrogen-bond donors (Lipinski definition) is 1. The number of fused-ring (bicyclic) bond motifs is 1. The third-order valence-electron chi connectivity index (χ3n) is 3.26. The predicted molar refractivity (Wildman–Crippen MR) is 88.1 cm³/mol. The molecule has 1 aromatic rings. The van der Waals surface area contributed by atoms with E-state index in [0.717, 1.165) is 5.57 Å². The van der Waals surface area contributed by atoms with Gasteiger partial charge in [-0.05, 0) is 26.3 Å². The Morgan fingerprint density at radius 2 is 2.25 bits per heavy atom. The van der Waals surface area contributed by atoms with Gasteiger partial charge in [-0.2, -0.15) is 0 Å². The highest BCUT2D eigenvalue weighted by atomic mass is 32.2. The van der Waals surface area contributed by atoms with Crippen molar-refractivity contribution in [2.24, 2.45) is 0 Å². The van der Waals surface area contributed by atoms with Gasteiger partial charge in [-0.3, -0.25) is 19.6 Å². The van der Waals surface area contributed by atoms with E-state index in [1.807, 2.05) is 0 Å². The molecule has 0 unspecified atom stereocenters. The zero-order valence-electron chi connectivity index (χ0n) is 13.4. The highest BCUT2D eigenvalue weighted by Crippen LogP contribution is 2.40. The number of nitrogens with one attached hydrogen (secondary N) is 1. The third kappa shape index (κ3) is 3.20. The lowest BCUT2D eigenvalue weighted by atomic mass is 10.1. The normalized spacial score (nSPS) is 20.8. The summed E-state index contributed by atoms with van der Waals surface area (Å²) in [4.78, 5) is 37.5. The van der Waals surface area contributed by atoms with E-state index in [1.165, 1.54) is 28.4 Å². The number of β-lactam (4-membered cyclic amide) rings is 1. The second kappa shape index (κ2) is 6.25. The molecule has 3 rings (SSSR count). The van der Waals surface area contributed by atoms with E-state index in [0.29, 0.717) is 16.5 Å². The summed E-state index contributed by atoms with van der Waals surface area (Å²) < 4.78 is 5.43. The molecule has 2 aliphatic rings. The quantitative estimate of drug-likeness (QED) is 0.363. The van der Waals surface area contributed by atoms with Crippen molar-refractivity contribution >= 4 is 41.2 Å². The van der Waals surface area contributed by atoms with Crippen LogP contribution in [-0.4, -0.2) is 60.5 Å². The smallest absolute Gasteiger partial charge is 0.355 e. The Bertz CT molecular complexity index is 724. The number of ether oxygens (including phenoxy) is 1. The Labute approximate surface area is 146 Å². The first kappa shape index (κ1) is 17.0. The minimum absolute atomic E-state index is 0.189. The molecule has 1 saturated heterocycles. The summed E-state index contributed by atoms with van der Waals surface area (Å²) >= 11 is 2.74. The Hall–Kier alpha value is -1.81. The van der Waals surface area contributed by atoms with Crippen LogP contribution in [-0.2, 0) is 19.1 Å². The highest BCUT2D eigenvalue weighted by Gasteiger charge is 2.53. The Kier molecular flexibility index (Phi) is 4.43. The largest absolute Gasteiger partial charge is 0.455 e. The van der Waals surface area contributed by atoms with Crippen LogP contribution in [0.5, 0.6) is 0 Å². The summed E-state index contributed by atoms with van der Waals surface area (Å²) in [6.45, 7) is 5.27. The van der Waals surface area contributed by atoms with Gasteiger partial charge in [0.1, 0.15) is 16.3 Å². The van der Waals surface area contributed by atoms with Crippen molar-refractivity contribution in [3.63, 3.8) is 0 Å². The van der Waals surface area contributed by atoms with Gasteiger partial charge < -0.3 is 4.74 Å². The first-order chi connectivity index (χ1) is 11.3. The predicted octanol–water partition coefficient (Wildman–Crippen LogP) is 0.977. The number of aromatic amines is 1. The van der Waals surface area contributed by atoms with E-state index >= 15 is 0 Å². The first-order valence-corrected chi connectivity index (χ1v) is 9.25. The molecule has 1 aromatic heterocycles. The molecule has 1 amide bonds. The fourth-order valence-electron chi connectivity index (χ4n) is 2.27. The zero-order valence-corrected chi connectivity index (χ0v) is 15.0. The van der Waals surface area contributed by atoms with E-state index in [2.05, 4.69) is 15.4 Å². The molecule has 3 heterocycles. The van der Waals surface area contributed by atoms with E-state index < -0.39 is 28.6 Å². The summed E-state index contributed by atoms with van der Waals surface area (Å²) in [5.41, 5.74) is 0.251. The SMILES string of the molecule is CC(C)(C)OC(=O)C1=C(CSc2c[nH]nn2)CS[C@H]2C(=O)C(=O)N12. The number of H-pyrrole nitrogens is 1. The molecule has 0 bridgehead atoms. The molecule has 0 aliphatic carbocycles. The number of hydrogen-bond acceptors (Lipinski definition) is 8. The maximum atomic E-state index is 12.6. The zero-order chi connectivity index (χ0) is 17.5. The number of aromatic nitrogens is 3. The number of esters is 1. The van der Waals surface area contributed by atoms with Crippen molar-refractivity contribution < 1.29 is 19.1 Å². The molecule has 0 radical (unpaired) electrons. The van der Waals surface area contributed by atoms with Crippen molar-refractivity contribution in [2.45, 2.75) is 36.8 Å². The topological polar surface area (TPSA) is 105 Å². The van der Waals surface area contributed by atoms with Crippen LogP contribution in [0.4, 0.5) is 0 Å². The van der Waals surface area contributed by atoms with Gasteiger partial charge in [0.2, 0.25) is 0 Å². The fraction of sp³-hybridized carbons (Fsp3) is 0.500. The molecule has 0 spiro atoms. The lowest BCUT2D eigenvalue weighted by Crippen LogP contribution is -2.62. The van der Waals surface area contributed by atoms with E-state index in [1.54, 1.807) is 27.0 Å². The second-order valence-electron chi connectivity index (χ2n) is 6.26. The molecule has 1 atom stereocenters. The Morgan fingerprint density at radius 1 is 1.50 bits per heavy atom. The molecule has 1 fully saturated rings. The van der Waals surface area contributed by atoms with Crippen LogP contribution >= 0.6 is 23.5 Å². The van der Waals surface area contributed by atoms with Crippen LogP contribution in [0.3, 0.4) is 0 Å². The summed E-state index contributed by atoms with van der Waals surface area (Å²) in [6.07, 6.45) is 1.65. The summed E-state index contributed by atoms with van der Waals surface area (Å²) in [6, 6.07) is 0. The van der Waals surface area contributed by atoms with Crippen molar-refractivity contribution in [3.05, 3.63) is 17.5 Å². The molecule has 1 N–H and O–H groups in total. The first-order valence-electron chi connectivity index (χ1n) is 7.21. The van der Waals surface area contributed by atoms with Crippen molar-refractivity contribution in [1.82, 2.24) is 20.3 Å².